The number of likely N-dealkylation sites (tertiary alicyclic amines) is 1. The monoisotopic (exact) mass is 409 g/mol. The van der Waals surface area contributed by atoms with Crippen LogP contribution in [0.5, 0.6) is 0 Å². The number of nitrogens with zero attached hydrogens (tertiary/aromatic N) is 1. The maximum atomic E-state index is 12.7. The van der Waals surface area contributed by atoms with Crippen LogP contribution in [0.25, 0.3) is 11.1 Å². The van der Waals surface area contributed by atoms with Gasteiger partial charge in [-0.2, -0.15) is 0 Å². The first kappa shape index (κ1) is 19.9. The molecule has 1 fully saturated rings. The van der Waals surface area contributed by atoms with E-state index in [1.807, 2.05) is 48.5 Å². The van der Waals surface area contributed by atoms with E-state index >= 15 is 0 Å². The van der Waals surface area contributed by atoms with Crippen molar-refractivity contribution in [2.24, 2.45) is 5.92 Å². The molecule has 2 aromatic rings. The lowest BCUT2D eigenvalue weighted by molar-refractivity contribution is -0.141. The molecule has 7 nitrogen and oxygen atoms in total. The highest BCUT2D eigenvalue weighted by atomic mass is 16.6. The minimum Gasteiger partial charge on any atom is -0.481 e. The van der Waals surface area contributed by atoms with E-state index < -0.39 is 24.1 Å². The lowest BCUT2D eigenvalue weighted by Gasteiger charge is -2.22. The van der Waals surface area contributed by atoms with Gasteiger partial charge >= 0.3 is 18.0 Å². The van der Waals surface area contributed by atoms with Crippen LogP contribution in [0.15, 0.2) is 48.5 Å². The molecule has 0 saturated carbocycles. The molecule has 2 aromatic carbocycles. The molecule has 2 atom stereocenters. The van der Waals surface area contributed by atoms with Gasteiger partial charge in [0.15, 0.2) is 0 Å². The highest BCUT2D eigenvalue weighted by Crippen LogP contribution is 2.44. The summed E-state index contributed by atoms with van der Waals surface area (Å²) in [4.78, 5) is 36.4. The summed E-state index contributed by atoms with van der Waals surface area (Å²) in [6, 6.07) is 15.0. The van der Waals surface area contributed by atoms with E-state index in [0.29, 0.717) is 6.42 Å². The zero-order valence-corrected chi connectivity index (χ0v) is 16.4. The molecule has 1 aliphatic carbocycles. The molecular weight excluding hydrogens is 386 g/mol. The summed E-state index contributed by atoms with van der Waals surface area (Å²) >= 11 is 0. The number of amides is 1. The zero-order chi connectivity index (χ0) is 21.3. The molecule has 1 amide bonds. The number of rotatable bonds is 6. The lowest BCUT2D eigenvalue weighted by atomic mass is 9.98. The first-order valence-electron chi connectivity index (χ1n) is 10.0. The minimum atomic E-state index is -1.10. The third-order valence-electron chi connectivity index (χ3n) is 6.01. The van der Waals surface area contributed by atoms with Crippen molar-refractivity contribution < 1.29 is 29.3 Å². The Morgan fingerprint density at radius 2 is 1.57 bits per heavy atom. The Morgan fingerprint density at radius 3 is 2.13 bits per heavy atom. The Bertz CT molecular complexity index is 942. The number of carbonyl (C=O) groups excluding carboxylic acids is 1. The Labute approximate surface area is 173 Å². The Morgan fingerprint density at radius 1 is 0.967 bits per heavy atom. The Balaban J connectivity index is 1.46. The summed E-state index contributed by atoms with van der Waals surface area (Å²) in [5, 5.41) is 18.4. The fourth-order valence-electron chi connectivity index (χ4n) is 4.57. The highest BCUT2D eigenvalue weighted by molar-refractivity contribution is 5.81. The number of hydrogen-bond acceptors (Lipinski definition) is 4. The smallest absolute Gasteiger partial charge is 0.410 e. The molecule has 1 saturated heterocycles. The van der Waals surface area contributed by atoms with Crippen LogP contribution >= 0.6 is 0 Å². The first-order chi connectivity index (χ1) is 14.5. The van der Waals surface area contributed by atoms with Crippen molar-refractivity contribution in [3.8, 4) is 11.1 Å². The molecule has 156 valence electrons. The topological polar surface area (TPSA) is 104 Å². The summed E-state index contributed by atoms with van der Waals surface area (Å²) in [5.74, 6) is -2.29. The van der Waals surface area contributed by atoms with Crippen LogP contribution in [0.2, 0.25) is 0 Å². The number of benzene rings is 2. The Kier molecular flexibility index (Phi) is 5.44. The third-order valence-corrected chi connectivity index (χ3v) is 6.01. The molecule has 0 spiro atoms. The van der Waals surface area contributed by atoms with Gasteiger partial charge in [0.2, 0.25) is 0 Å². The fraction of sp³-hybridized carbons (Fsp3) is 0.348. The Hall–Kier alpha value is -3.35. The summed E-state index contributed by atoms with van der Waals surface area (Å²) in [6.45, 7) is 0.316. The zero-order valence-electron chi connectivity index (χ0n) is 16.4. The van der Waals surface area contributed by atoms with E-state index in [1.165, 1.54) is 4.90 Å². The molecule has 2 N–H and O–H groups in total. The molecule has 0 aromatic heterocycles. The van der Waals surface area contributed by atoms with E-state index in [9.17, 15) is 19.5 Å². The second-order valence-electron chi connectivity index (χ2n) is 7.84. The first-order valence-corrected chi connectivity index (χ1v) is 10.0. The number of ether oxygens (including phenoxy) is 1. The van der Waals surface area contributed by atoms with Crippen LogP contribution in [0.1, 0.15) is 36.3 Å². The molecule has 1 heterocycles. The maximum Gasteiger partial charge on any atom is 0.410 e. The standard InChI is InChI=1S/C23H23NO6/c25-21(26)10-9-14-11-20(22(27)28)24(12-14)23(29)30-13-19-17-7-3-1-5-15(17)16-6-2-4-8-18(16)19/h1-8,14,19-20H,9-13H2,(H,25,26)(H,27,28)/t14-,20-/m1/s1. The van der Waals surface area contributed by atoms with Crippen LogP contribution in [-0.4, -0.2) is 52.3 Å². The number of carbonyl (C=O) groups is 3. The van der Waals surface area contributed by atoms with Gasteiger partial charge in [-0.05, 0) is 41.0 Å². The van der Waals surface area contributed by atoms with Gasteiger partial charge in [-0.15, -0.1) is 0 Å². The normalized spacial score (nSPS) is 19.9. The van der Waals surface area contributed by atoms with Gasteiger partial charge in [0, 0.05) is 18.9 Å². The van der Waals surface area contributed by atoms with Crippen molar-refractivity contribution in [2.75, 3.05) is 13.2 Å². The number of fused-ring (bicyclic) bond motifs is 3. The van der Waals surface area contributed by atoms with Crippen LogP contribution in [-0.2, 0) is 14.3 Å². The minimum absolute atomic E-state index is 0.0461. The van der Waals surface area contributed by atoms with Crippen molar-refractivity contribution in [2.45, 2.75) is 31.2 Å². The van der Waals surface area contributed by atoms with E-state index in [-0.39, 0.29) is 37.8 Å². The second-order valence-corrected chi connectivity index (χ2v) is 7.84. The molecule has 1 aliphatic heterocycles. The van der Waals surface area contributed by atoms with Gasteiger partial charge in [-0.3, -0.25) is 9.69 Å². The van der Waals surface area contributed by atoms with E-state index in [0.717, 1.165) is 22.3 Å². The summed E-state index contributed by atoms with van der Waals surface area (Å²) in [5.41, 5.74) is 4.41. The van der Waals surface area contributed by atoms with Crippen LogP contribution in [0.4, 0.5) is 4.79 Å². The summed E-state index contributed by atoms with van der Waals surface area (Å²) in [7, 11) is 0. The van der Waals surface area contributed by atoms with Crippen LogP contribution < -0.4 is 0 Å². The molecule has 2 aliphatic rings. The maximum absolute atomic E-state index is 12.7. The predicted molar refractivity (Wildman–Crippen MR) is 108 cm³/mol. The summed E-state index contributed by atoms with van der Waals surface area (Å²) in [6.07, 6.45) is -0.128. The van der Waals surface area contributed by atoms with Gasteiger partial charge < -0.3 is 14.9 Å². The highest BCUT2D eigenvalue weighted by Gasteiger charge is 2.41. The van der Waals surface area contributed by atoms with E-state index in [4.69, 9.17) is 9.84 Å². The van der Waals surface area contributed by atoms with Gasteiger partial charge in [-0.1, -0.05) is 48.5 Å². The van der Waals surface area contributed by atoms with Crippen LogP contribution in [0.3, 0.4) is 0 Å². The van der Waals surface area contributed by atoms with Crippen LogP contribution in [0, 0.1) is 5.92 Å². The fourth-order valence-corrected chi connectivity index (χ4v) is 4.57. The molecule has 7 heteroatoms. The van der Waals surface area contributed by atoms with E-state index in [1.54, 1.807) is 0 Å². The van der Waals surface area contributed by atoms with Crippen molar-refractivity contribution in [1.29, 1.82) is 0 Å². The molecule has 30 heavy (non-hydrogen) atoms. The molecular formula is C23H23NO6. The second kappa shape index (κ2) is 8.18. The van der Waals surface area contributed by atoms with Crippen molar-refractivity contribution in [3.05, 3.63) is 59.7 Å². The summed E-state index contributed by atoms with van der Waals surface area (Å²) < 4.78 is 5.59. The number of hydrogen-bond donors (Lipinski definition) is 2. The average molecular weight is 409 g/mol. The van der Waals surface area contributed by atoms with Gasteiger partial charge in [-0.25, -0.2) is 9.59 Å². The van der Waals surface area contributed by atoms with Crippen molar-refractivity contribution in [1.82, 2.24) is 4.90 Å². The van der Waals surface area contributed by atoms with Gasteiger partial charge in [0.1, 0.15) is 12.6 Å². The van der Waals surface area contributed by atoms with Crippen molar-refractivity contribution in [3.63, 3.8) is 0 Å². The largest absolute Gasteiger partial charge is 0.481 e. The quantitative estimate of drug-likeness (QED) is 0.756. The predicted octanol–water partition coefficient (Wildman–Crippen LogP) is 3.58. The molecule has 4 rings (SSSR count). The lowest BCUT2D eigenvalue weighted by Crippen LogP contribution is -2.41. The SMILES string of the molecule is O=C(O)CC[C@@H]1C[C@H](C(=O)O)N(C(=O)OCC2c3ccccc3-c3ccccc32)C1. The number of aliphatic carboxylic acids is 2. The average Bonchev–Trinajstić information content (AvgIpc) is 3.31. The van der Waals surface area contributed by atoms with E-state index in [2.05, 4.69) is 0 Å². The molecule has 0 bridgehead atoms. The van der Waals surface area contributed by atoms with Gasteiger partial charge in [0.25, 0.3) is 0 Å². The third kappa shape index (κ3) is 3.75. The molecule has 0 unspecified atom stereocenters. The molecule has 0 radical (unpaired) electrons. The number of carboxylic acids is 2. The van der Waals surface area contributed by atoms with Crippen molar-refractivity contribution >= 4 is 18.0 Å². The number of carboxylic acid groups (broad SMARTS) is 2. The van der Waals surface area contributed by atoms with Gasteiger partial charge in [0.05, 0.1) is 0 Å².